The number of fused-ring (bicyclic) bond motifs is 1. The van der Waals surface area contributed by atoms with Crippen LogP contribution < -0.4 is 5.32 Å². The molecule has 0 amide bonds. The third-order valence-electron chi connectivity index (χ3n) is 2.65. The molecule has 2 rings (SSSR count). The minimum absolute atomic E-state index is 0.292. The maximum absolute atomic E-state index is 11.1. The minimum atomic E-state index is -4.43. The summed E-state index contributed by atoms with van der Waals surface area (Å²) >= 11 is 0. The summed E-state index contributed by atoms with van der Waals surface area (Å²) in [5.41, 5.74) is 0.451. The summed E-state index contributed by atoms with van der Waals surface area (Å²) in [5, 5.41) is 21.7. The van der Waals surface area contributed by atoms with E-state index in [1.807, 2.05) is 0 Å². The van der Waals surface area contributed by atoms with Crippen LogP contribution in [0.4, 0.5) is 5.69 Å². The summed E-state index contributed by atoms with van der Waals surface area (Å²) in [4.78, 5) is 10.0. The molecular weight excluding hydrogens is 286 g/mol. The third kappa shape index (κ3) is 2.98. The van der Waals surface area contributed by atoms with Gasteiger partial charge in [0.25, 0.3) is 10.1 Å². The molecule has 0 aliphatic carbocycles. The Bertz CT molecular complexity index is 784. The Morgan fingerprint density at radius 2 is 1.90 bits per heavy atom. The first-order valence-electron chi connectivity index (χ1n) is 5.47. The van der Waals surface area contributed by atoms with E-state index in [-0.39, 0.29) is 12.3 Å². The second-order valence-electron chi connectivity index (χ2n) is 4.10. The zero-order valence-electron chi connectivity index (χ0n) is 10.1. The van der Waals surface area contributed by atoms with E-state index in [0.717, 1.165) is 6.07 Å². The number of carboxylic acids is 1. The smallest absolute Gasteiger partial charge is 0.322 e. The summed E-state index contributed by atoms with van der Waals surface area (Å²) in [5.74, 6) is -1.33. The van der Waals surface area contributed by atoms with Gasteiger partial charge in [0, 0.05) is 17.1 Å². The summed E-state index contributed by atoms with van der Waals surface area (Å²) in [7, 11) is -4.43. The lowest BCUT2D eigenvalue weighted by Gasteiger charge is -2.08. The van der Waals surface area contributed by atoms with E-state index in [1.54, 1.807) is 6.07 Å². The normalized spacial score (nSPS) is 11.4. The lowest BCUT2D eigenvalue weighted by atomic mass is 10.1. The van der Waals surface area contributed by atoms with E-state index < -0.39 is 21.0 Å². The zero-order valence-corrected chi connectivity index (χ0v) is 10.9. The van der Waals surface area contributed by atoms with Crippen molar-refractivity contribution >= 4 is 32.5 Å². The quantitative estimate of drug-likeness (QED) is 0.627. The third-order valence-corrected chi connectivity index (χ3v) is 3.48. The van der Waals surface area contributed by atoms with E-state index in [4.69, 9.17) is 9.66 Å². The first-order valence-corrected chi connectivity index (χ1v) is 6.91. The highest BCUT2D eigenvalue weighted by Gasteiger charge is 2.13. The molecule has 0 heterocycles. The first-order chi connectivity index (χ1) is 9.27. The molecular formula is C12H11NO6S. The number of aliphatic carboxylic acids is 1. The van der Waals surface area contributed by atoms with Crippen LogP contribution in [0.2, 0.25) is 0 Å². The molecule has 7 nitrogen and oxygen atoms in total. The van der Waals surface area contributed by atoms with Crippen LogP contribution in [0.1, 0.15) is 0 Å². The van der Waals surface area contributed by atoms with Gasteiger partial charge in [0.1, 0.15) is 12.3 Å². The van der Waals surface area contributed by atoms with Gasteiger partial charge in [-0.25, -0.2) is 0 Å². The highest BCUT2D eigenvalue weighted by atomic mass is 32.2. The molecule has 0 atom stereocenters. The van der Waals surface area contributed by atoms with Gasteiger partial charge in [-0.15, -0.1) is 0 Å². The summed E-state index contributed by atoms with van der Waals surface area (Å²) < 4.78 is 31.1. The average Bonchev–Trinajstić information content (AvgIpc) is 2.34. The molecule has 0 fully saturated rings. The second-order valence-corrected chi connectivity index (χ2v) is 5.52. The molecule has 0 unspecified atom stereocenters. The number of anilines is 1. The predicted molar refractivity (Wildman–Crippen MR) is 71.6 cm³/mol. The highest BCUT2D eigenvalue weighted by Crippen LogP contribution is 2.30. The van der Waals surface area contributed by atoms with Gasteiger partial charge >= 0.3 is 5.97 Å². The van der Waals surface area contributed by atoms with Crippen molar-refractivity contribution in [2.24, 2.45) is 0 Å². The number of hydrogen-bond donors (Lipinski definition) is 4. The molecule has 0 radical (unpaired) electrons. The second kappa shape index (κ2) is 4.99. The summed E-state index contributed by atoms with van der Waals surface area (Å²) in [6, 6.07) is 6.69. The van der Waals surface area contributed by atoms with Gasteiger partial charge in [0.2, 0.25) is 0 Å². The van der Waals surface area contributed by atoms with Crippen LogP contribution in [0.25, 0.3) is 10.8 Å². The molecule has 0 aliphatic heterocycles. The fourth-order valence-corrected chi connectivity index (χ4v) is 2.30. The lowest BCUT2D eigenvalue weighted by Crippen LogP contribution is -2.12. The molecule has 0 aromatic heterocycles. The summed E-state index contributed by atoms with van der Waals surface area (Å²) in [6.45, 7) is -0.296. The Balaban J connectivity index is 2.52. The lowest BCUT2D eigenvalue weighted by molar-refractivity contribution is -0.134. The van der Waals surface area contributed by atoms with Crippen molar-refractivity contribution in [1.82, 2.24) is 0 Å². The first kappa shape index (κ1) is 14.1. The Hall–Kier alpha value is -2.32. The van der Waals surface area contributed by atoms with Gasteiger partial charge in [-0.05, 0) is 29.7 Å². The van der Waals surface area contributed by atoms with Crippen molar-refractivity contribution < 1.29 is 28.0 Å². The van der Waals surface area contributed by atoms with Crippen LogP contribution in [0.3, 0.4) is 0 Å². The fraction of sp³-hybridized carbons (Fsp3) is 0.0833. The molecule has 0 bridgehead atoms. The Kier molecular flexibility index (Phi) is 3.51. The number of phenolic OH excluding ortho intramolecular Hbond substituents is 1. The van der Waals surface area contributed by atoms with E-state index in [2.05, 4.69) is 5.32 Å². The molecule has 0 saturated carbocycles. The van der Waals surface area contributed by atoms with Gasteiger partial charge in [-0.2, -0.15) is 8.42 Å². The van der Waals surface area contributed by atoms with Crippen molar-refractivity contribution in [3.63, 3.8) is 0 Å². The number of carbonyl (C=O) groups is 1. The van der Waals surface area contributed by atoms with Crippen molar-refractivity contribution in [2.75, 3.05) is 11.9 Å². The number of carboxylic acid groups (broad SMARTS) is 1. The monoisotopic (exact) mass is 297 g/mol. The number of hydrogen-bond acceptors (Lipinski definition) is 5. The predicted octanol–water partition coefficient (Wildman–Crippen LogP) is 1.29. The van der Waals surface area contributed by atoms with Gasteiger partial charge in [-0.3, -0.25) is 9.35 Å². The molecule has 2 aromatic rings. The van der Waals surface area contributed by atoms with Crippen molar-refractivity contribution in [3.05, 3.63) is 30.3 Å². The fourth-order valence-electron chi connectivity index (χ4n) is 1.76. The minimum Gasteiger partial charge on any atom is -0.507 e. The average molecular weight is 297 g/mol. The molecule has 106 valence electrons. The topological polar surface area (TPSA) is 124 Å². The van der Waals surface area contributed by atoms with Gasteiger partial charge < -0.3 is 15.5 Å². The summed E-state index contributed by atoms with van der Waals surface area (Å²) in [6.07, 6.45) is 0. The van der Waals surface area contributed by atoms with Crippen molar-refractivity contribution in [3.8, 4) is 5.75 Å². The Morgan fingerprint density at radius 1 is 1.20 bits per heavy atom. The Morgan fingerprint density at radius 3 is 2.50 bits per heavy atom. The number of aromatic hydroxyl groups is 1. The molecule has 20 heavy (non-hydrogen) atoms. The van der Waals surface area contributed by atoms with Crippen LogP contribution in [0.15, 0.2) is 35.2 Å². The maximum atomic E-state index is 11.1. The van der Waals surface area contributed by atoms with E-state index in [1.165, 1.54) is 18.2 Å². The van der Waals surface area contributed by atoms with Gasteiger partial charge in [0.15, 0.2) is 0 Å². The molecule has 0 spiro atoms. The van der Waals surface area contributed by atoms with Crippen LogP contribution in [0, 0.1) is 0 Å². The molecule has 2 aromatic carbocycles. The van der Waals surface area contributed by atoms with E-state index in [9.17, 15) is 18.3 Å². The molecule has 8 heteroatoms. The van der Waals surface area contributed by atoms with Crippen LogP contribution in [0.5, 0.6) is 5.75 Å². The number of rotatable bonds is 4. The number of nitrogens with one attached hydrogen (secondary N) is 1. The van der Waals surface area contributed by atoms with Crippen LogP contribution in [-0.4, -0.2) is 35.7 Å². The van der Waals surface area contributed by atoms with Crippen LogP contribution >= 0.6 is 0 Å². The maximum Gasteiger partial charge on any atom is 0.322 e. The van der Waals surface area contributed by atoms with Gasteiger partial charge in [-0.1, -0.05) is 0 Å². The number of phenols is 1. The van der Waals surface area contributed by atoms with E-state index >= 15 is 0 Å². The molecule has 4 N–H and O–H groups in total. The standard InChI is InChI=1S/C12H11NO6S/c14-11-5-9(20(17,18)19)4-7-3-8(1-2-10(7)11)13-6-12(15)16/h1-5,13-14H,6H2,(H,15,16)(H,17,18,19). The van der Waals surface area contributed by atoms with Gasteiger partial charge in [0.05, 0.1) is 4.90 Å². The Labute approximate surface area is 114 Å². The zero-order chi connectivity index (χ0) is 14.9. The molecule has 0 saturated heterocycles. The highest BCUT2D eigenvalue weighted by molar-refractivity contribution is 7.85. The van der Waals surface area contributed by atoms with E-state index in [0.29, 0.717) is 16.5 Å². The number of benzene rings is 2. The van der Waals surface area contributed by atoms with Crippen LogP contribution in [-0.2, 0) is 14.9 Å². The van der Waals surface area contributed by atoms with Crippen molar-refractivity contribution in [2.45, 2.75) is 4.90 Å². The molecule has 0 aliphatic rings. The SMILES string of the molecule is O=C(O)CNc1ccc2c(O)cc(S(=O)(=O)O)cc2c1. The van der Waals surface area contributed by atoms with Crippen molar-refractivity contribution in [1.29, 1.82) is 0 Å². The largest absolute Gasteiger partial charge is 0.507 e.